The van der Waals surface area contributed by atoms with E-state index >= 15 is 0 Å². The van der Waals surface area contributed by atoms with Gasteiger partial charge in [-0.1, -0.05) is 0 Å². The van der Waals surface area contributed by atoms with Crippen molar-refractivity contribution in [2.45, 2.75) is 0 Å². The number of hydrogen-bond acceptors (Lipinski definition) is 6. The first kappa shape index (κ1) is 13.6. The largest absolute Gasteiger partial charge is 0.334 e. The Morgan fingerprint density at radius 3 is 2.90 bits per heavy atom. The lowest BCUT2D eigenvalue weighted by Crippen LogP contribution is -2.01. The predicted molar refractivity (Wildman–Crippen MR) is 68.1 cm³/mol. The SMILES string of the molecule is N#Cc1cc(Nc2nc(Cl)ncc2[N+](=O)[O-])ccc1F. The minimum absolute atomic E-state index is 0.148. The van der Waals surface area contributed by atoms with Crippen LogP contribution in [-0.2, 0) is 0 Å². The molecular formula is C11H5ClFN5O2. The van der Waals surface area contributed by atoms with Crippen LogP contribution in [0.5, 0.6) is 0 Å². The van der Waals surface area contributed by atoms with Crippen molar-refractivity contribution in [3.8, 4) is 6.07 Å². The standard InChI is InChI=1S/C11H5ClFN5O2/c12-11-15-5-9(18(19)20)10(17-11)16-7-1-2-8(13)6(3-7)4-14/h1-3,5H,(H,15,16,17). The Labute approximate surface area is 116 Å². The third kappa shape index (κ3) is 2.78. The van der Waals surface area contributed by atoms with E-state index < -0.39 is 16.4 Å². The first-order valence-electron chi connectivity index (χ1n) is 5.15. The average Bonchev–Trinajstić information content (AvgIpc) is 2.40. The maximum Gasteiger partial charge on any atom is 0.329 e. The summed E-state index contributed by atoms with van der Waals surface area (Å²) in [7, 11) is 0. The predicted octanol–water partition coefficient (Wildman–Crippen LogP) is 2.79. The summed E-state index contributed by atoms with van der Waals surface area (Å²) in [5.41, 5.74) is -0.323. The summed E-state index contributed by atoms with van der Waals surface area (Å²) in [6.45, 7) is 0. The van der Waals surface area contributed by atoms with Crippen LogP contribution < -0.4 is 5.32 Å². The third-order valence-corrected chi connectivity index (χ3v) is 2.47. The average molecular weight is 294 g/mol. The van der Waals surface area contributed by atoms with Crippen LogP contribution in [0.4, 0.5) is 21.6 Å². The molecule has 0 unspecified atom stereocenters. The van der Waals surface area contributed by atoms with Gasteiger partial charge in [0.2, 0.25) is 11.1 Å². The van der Waals surface area contributed by atoms with E-state index in [4.69, 9.17) is 16.9 Å². The lowest BCUT2D eigenvalue weighted by Gasteiger charge is -2.06. The van der Waals surface area contributed by atoms with Crippen molar-refractivity contribution >= 4 is 28.8 Å². The number of rotatable bonds is 3. The van der Waals surface area contributed by atoms with E-state index in [0.717, 1.165) is 12.3 Å². The van der Waals surface area contributed by atoms with Crippen LogP contribution in [0, 0.1) is 27.3 Å². The van der Waals surface area contributed by atoms with Crippen LogP contribution in [-0.4, -0.2) is 14.9 Å². The zero-order chi connectivity index (χ0) is 14.7. The van der Waals surface area contributed by atoms with Crippen molar-refractivity contribution in [2.24, 2.45) is 0 Å². The zero-order valence-electron chi connectivity index (χ0n) is 9.67. The molecule has 0 saturated heterocycles. The first-order valence-corrected chi connectivity index (χ1v) is 5.52. The summed E-state index contributed by atoms with van der Waals surface area (Å²) in [6, 6.07) is 5.25. The van der Waals surface area contributed by atoms with Crippen molar-refractivity contribution in [3.05, 3.63) is 51.2 Å². The monoisotopic (exact) mass is 293 g/mol. The summed E-state index contributed by atoms with van der Waals surface area (Å²) >= 11 is 5.57. The van der Waals surface area contributed by atoms with Gasteiger partial charge in [0.1, 0.15) is 18.1 Å². The topological polar surface area (TPSA) is 105 Å². The molecular weight excluding hydrogens is 289 g/mol. The van der Waals surface area contributed by atoms with Crippen LogP contribution in [0.2, 0.25) is 5.28 Å². The lowest BCUT2D eigenvalue weighted by molar-refractivity contribution is -0.384. The van der Waals surface area contributed by atoms with Gasteiger partial charge in [-0.15, -0.1) is 0 Å². The highest BCUT2D eigenvalue weighted by molar-refractivity contribution is 6.28. The van der Waals surface area contributed by atoms with Crippen LogP contribution in [0.15, 0.2) is 24.4 Å². The quantitative estimate of drug-likeness (QED) is 0.530. The highest BCUT2D eigenvalue weighted by Gasteiger charge is 2.17. The van der Waals surface area contributed by atoms with Gasteiger partial charge in [0.05, 0.1) is 10.5 Å². The summed E-state index contributed by atoms with van der Waals surface area (Å²) in [5.74, 6) is -0.834. The number of benzene rings is 1. The van der Waals surface area contributed by atoms with E-state index in [9.17, 15) is 14.5 Å². The van der Waals surface area contributed by atoms with Gasteiger partial charge in [0.15, 0.2) is 0 Å². The van der Waals surface area contributed by atoms with Crippen LogP contribution in [0.1, 0.15) is 5.56 Å². The molecule has 0 amide bonds. The molecule has 0 aliphatic rings. The minimum Gasteiger partial charge on any atom is -0.334 e. The van der Waals surface area contributed by atoms with Crippen LogP contribution in [0.3, 0.4) is 0 Å². The Balaban J connectivity index is 2.42. The van der Waals surface area contributed by atoms with Crippen molar-refractivity contribution < 1.29 is 9.31 Å². The molecule has 1 aromatic heterocycles. The molecule has 2 rings (SSSR count). The highest BCUT2D eigenvalue weighted by atomic mass is 35.5. The second kappa shape index (κ2) is 5.46. The molecule has 2 aromatic rings. The molecule has 0 bridgehead atoms. The van der Waals surface area contributed by atoms with Crippen molar-refractivity contribution in [1.82, 2.24) is 9.97 Å². The summed E-state index contributed by atoms with van der Waals surface area (Å²) < 4.78 is 13.2. The maximum absolute atomic E-state index is 13.2. The summed E-state index contributed by atoms with van der Waals surface area (Å²) in [5, 5.41) is 22.0. The maximum atomic E-state index is 13.2. The number of halogens is 2. The Morgan fingerprint density at radius 1 is 1.50 bits per heavy atom. The second-order valence-electron chi connectivity index (χ2n) is 3.56. The first-order chi connectivity index (χ1) is 9.51. The Morgan fingerprint density at radius 2 is 2.25 bits per heavy atom. The lowest BCUT2D eigenvalue weighted by atomic mass is 10.2. The summed E-state index contributed by atoms with van der Waals surface area (Å²) in [6.07, 6.45) is 0.951. The molecule has 100 valence electrons. The van der Waals surface area contributed by atoms with E-state index in [1.54, 1.807) is 6.07 Å². The number of nitrogens with one attached hydrogen (secondary N) is 1. The number of nitro groups is 1. The molecule has 0 spiro atoms. The smallest absolute Gasteiger partial charge is 0.329 e. The highest BCUT2D eigenvalue weighted by Crippen LogP contribution is 2.26. The number of hydrogen-bond donors (Lipinski definition) is 1. The fraction of sp³-hybridized carbons (Fsp3) is 0. The Kier molecular flexibility index (Phi) is 3.72. The molecule has 0 saturated carbocycles. The van der Waals surface area contributed by atoms with Crippen LogP contribution >= 0.6 is 11.6 Å². The van der Waals surface area contributed by atoms with Gasteiger partial charge in [-0.25, -0.2) is 9.37 Å². The van der Waals surface area contributed by atoms with E-state index in [0.29, 0.717) is 0 Å². The van der Waals surface area contributed by atoms with Crippen molar-refractivity contribution in [2.75, 3.05) is 5.32 Å². The molecule has 0 radical (unpaired) electrons. The normalized spacial score (nSPS) is 9.85. The number of nitriles is 1. The fourth-order valence-corrected chi connectivity index (χ4v) is 1.54. The molecule has 1 aromatic carbocycles. The molecule has 0 atom stereocenters. The molecule has 1 N–H and O–H groups in total. The molecule has 0 fully saturated rings. The van der Waals surface area contributed by atoms with Gasteiger partial charge in [0, 0.05) is 5.69 Å². The molecule has 1 heterocycles. The van der Waals surface area contributed by atoms with E-state index in [-0.39, 0.29) is 22.4 Å². The molecule has 20 heavy (non-hydrogen) atoms. The molecule has 9 heteroatoms. The van der Waals surface area contributed by atoms with Gasteiger partial charge < -0.3 is 5.32 Å². The fourth-order valence-electron chi connectivity index (χ4n) is 1.40. The minimum atomic E-state index is -0.687. The zero-order valence-corrected chi connectivity index (χ0v) is 10.4. The van der Waals surface area contributed by atoms with E-state index in [1.165, 1.54) is 12.1 Å². The molecule has 7 nitrogen and oxygen atoms in total. The number of aromatic nitrogens is 2. The Bertz CT molecular complexity index is 731. The molecule has 0 aliphatic carbocycles. The van der Waals surface area contributed by atoms with Crippen molar-refractivity contribution in [3.63, 3.8) is 0 Å². The van der Waals surface area contributed by atoms with Gasteiger partial charge in [-0.05, 0) is 29.8 Å². The summed E-state index contributed by atoms with van der Waals surface area (Å²) in [4.78, 5) is 17.3. The number of anilines is 2. The second-order valence-corrected chi connectivity index (χ2v) is 3.90. The third-order valence-electron chi connectivity index (χ3n) is 2.29. The van der Waals surface area contributed by atoms with E-state index in [2.05, 4.69) is 15.3 Å². The van der Waals surface area contributed by atoms with Gasteiger partial charge in [0.25, 0.3) is 0 Å². The van der Waals surface area contributed by atoms with E-state index in [1.807, 2.05) is 0 Å². The number of nitrogens with zero attached hydrogens (tertiary/aromatic N) is 4. The Hall–Kier alpha value is -2.79. The van der Waals surface area contributed by atoms with Crippen molar-refractivity contribution in [1.29, 1.82) is 5.26 Å². The molecule has 0 aliphatic heterocycles. The van der Waals surface area contributed by atoms with Gasteiger partial charge in [-0.2, -0.15) is 10.2 Å². The van der Waals surface area contributed by atoms with Crippen LogP contribution in [0.25, 0.3) is 0 Å². The van der Waals surface area contributed by atoms with Gasteiger partial charge in [-0.3, -0.25) is 10.1 Å². The van der Waals surface area contributed by atoms with Gasteiger partial charge >= 0.3 is 5.69 Å².